The van der Waals surface area contributed by atoms with Gasteiger partial charge in [0.1, 0.15) is 11.6 Å². The van der Waals surface area contributed by atoms with Crippen LogP contribution in [0.4, 0.5) is 0 Å². The van der Waals surface area contributed by atoms with Crippen LogP contribution in [0.2, 0.25) is 0 Å². The molecule has 9 nitrogen and oxygen atoms in total. The molecule has 0 aliphatic rings. The van der Waals surface area contributed by atoms with E-state index in [1.54, 1.807) is 36.4 Å². The molecule has 12 heteroatoms. The number of sulfone groups is 1. The summed E-state index contributed by atoms with van der Waals surface area (Å²) in [7, 11) is -7.66. The van der Waals surface area contributed by atoms with Gasteiger partial charge in [0, 0.05) is 6.54 Å². The molecule has 0 aliphatic carbocycles. The molecule has 1 heterocycles. The molecule has 1 aromatic heterocycles. The fourth-order valence-corrected chi connectivity index (χ4v) is 5.95. The van der Waals surface area contributed by atoms with Crippen molar-refractivity contribution in [3.05, 3.63) is 78.6 Å². The number of carbonyl (C=O) groups is 1. The average Bonchev–Trinajstić information content (AvgIpc) is 3.14. The molecule has 0 unspecified atom stereocenters. The van der Waals surface area contributed by atoms with E-state index in [2.05, 4.69) is 16.8 Å². The third-order valence-electron chi connectivity index (χ3n) is 4.44. The minimum absolute atomic E-state index is 0.0188. The maximum Gasteiger partial charge on any atom is 0.264 e. The molecule has 0 fully saturated rings. The number of amides is 1. The van der Waals surface area contributed by atoms with Crippen molar-refractivity contribution >= 4 is 37.5 Å². The predicted octanol–water partition coefficient (Wildman–Crippen LogP) is 2.34. The van der Waals surface area contributed by atoms with Crippen LogP contribution in [0.15, 0.2) is 82.2 Å². The maximum absolute atomic E-state index is 12.7. The molecule has 0 bridgehead atoms. The standard InChI is InChI=1S/C21H22N4O5S3/c1-3-13-25-19(15-32(27,28)17-7-5-4-6-8-17)22-23-21(25)31-14-20(26)24-33(29,30)18-11-9-16(2)10-12-18/h3-12H,1,13-15H2,2H3,(H,24,26). The van der Waals surface area contributed by atoms with Crippen molar-refractivity contribution in [3.63, 3.8) is 0 Å². The van der Waals surface area contributed by atoms with Gasteiger partial charge in [0.05, 0.1) is 15.5 Å². The number of nitrogens with zero attached hydrogens (tertiary/aromatic N) is 3. The van der Waals surface area contributed by atoms with Crippen molar-refractivity contribution in [2.24, 2.45) is 0 Å². The predicted molar refractivity (Wildman–Crippen MR) is 125 cm³/mol. The molecule has 0 saturated carbocycles. The number of nitrogens with one attached hydrogen (secondary N) is 1. The molecule has 0 atom stereocenters. The van der Waals surface area contributed by atoms with Crippen molar-refractivity contribution in [3.8, 4) is 0 Å². The van der Waals surface area contributed by atoms with Crippen molar-refractivity contribution in [1.82, 2.24) is 19.5 Å². The zero-order chi connectivity index (χ0) is 24.1. The van der Waals surface area contributed by atoms with Gasteiger partial charge in [-0.25, -0.2) is 21.6 Å². The summed E-state index contributed by atoms with van der Waals surface area (Å²) in [5, 5.41) is 8.23. The molecule has 2 aromatic carbocycles. The van der Waals surface area contributed by atoms with Crippen molar-refractivity contribution in [2.45, 2.75) is 34.2 Å². The van der Waals surface area contributed by atoms with Crippen LogP contribution in [-0.4, -0.2) is 43.3 Å². The lowest BCUT2D eigenvalue weighted by atomic mass is 10.2. The summed E-state index contributed by atoms with van der Waals surface area (Å²) in [6.45, 7) is 5.71. The van der Waals surface area contributed by atoms with E-state index in [0.717, 1.165) is 17.3 Å². The first-order valence-corrected chi connectivity index (χ1v) is 13.8. The molecule has 33 heavy (non-hydrogen) atoms. The lowest BCUT2D eigenvalue weighted by Gasteiger charge is -2.09. The number of sulfonamides is 1. The van der Waals surface area contributed by atoms with Crippen LogP contribution in [-0.2, 0) is 37.0 Å². The molecule has 0 aliphatic heterocycles. The van der Waals surface area contributed by atoms with Crippen molar-refractivity contribution in [2.75, 3.05) is 5.75 Å². The van der Waals surface area contributed by atoms with E-state index in [0.29, 0.717) is 0 Å². The Morgan fingerprint density at radius 3 is 2.33 bits per heavy atom. The first-order chi connectivity index (χ1) is 15.6. The Kier molecular flexibility index (Phi) is 7.72. The molecular weight excluding hydrogens is 484 g/mol. The number of rotatable bonds is 10. The van der Waals surface area contributed by atoms with Crippen molar-refractivity contribution in [1.29, 1.82) is 0 Å². The molecular formula is C21H22N4O5S3. The number of aromatic nitrogens is 3. The Morgan fingerprint density at radius 2 is 1.70 bits per heavy atom. The summed E-state index contributed by atoms with van der Waals surface area (Å²) < 4.78 is 53.7. The van der Waals surface area contributed by atoms with Gasteiger partial charge in [-0.2, -0.15) is 0 Å². The zero-order valence-corrected chi connectivity index (χ0v) is 20.2. The Labute approximate surface area is 196 Å². The van der Waals surface area contributed by atoms with Crippen LogP contribution >= 0.6 is 11.8 Å². The van der Waals surface area contributed by atoms with E-state index in [4.69, 9.17) is 0 Å². The minimum Gasteiger partial charge on any atom is -0.301 e. The molecule has 3 rings (SSSR count). The Bertz CT molecular complexity index is 1350. The normalized spacial score (nSPS) is 11.8. The molecule has 0 saturated heterocycles. The van der Waals surface area contributed by atoms with Gasteiger partial charge in [-0.15, -0.1) is 16.8 Å². The lowest BCUT2D eigenvalue weighted by Crippen LogP contribution is -2.32. The number of hydrogen-bond donors (Lipinski definition) is 1. The highest BCUT2D eigenvalue weighted by molar-refractivity contribution is 8.00. The number of carbonyl (C=O) groups excluding carboxylic acids is 1. The summed E-state index contributed by atoms with van der Waals surface area (Å²) >= 11 is 0.946. The number of thioether (sulfide) groups is 1. The van der Waals surface area contributed by atoms with Crippen LogP contribution in [0.25, 0.3) is 0 Å². The van der Waals surface area contributed by atoms with E-state index < -0.39 is 25.8 Å². The molecule has 0 radical (unpaired) electrons. The average molecular weight is 507 g/mol. The number of allylic oxidation sites excluding steroid dienone is 1. The summed E-state index contributed by atoms with van der Waals surface area (Å²) in [6.07, 6.45) is 1.55. The SMILES string of the molecule is C=CCn1c(CS(=O)(=O)c2ccccc2)nnc1SCC(=O)NS(=O)(=O)c1ccc(C)cc1. The number of hydrogen-bond acceptors (Lipinski definition) is 8. The van der Waals surface area contributed by atoms with Gasteiger partial charge in [0.2, 0.25) is 5.91 Å². The zero-order valence-electron chi connectivity index (χ0n) is 17.7. The largest absolute Gasteiger partial charge is 0.301 e. The second-order valence-corrected chi connectivity index (χ2v) is 11.6. The number of benzene rings is 2. The van der Waals surface area contributed by atoms with Crippen LogP contribution in [0, 0.1) is 6.92 Å². The first kappa shape index (κ1) is 24.7. The topological polar surface area (TPSA) is 128 Å². The monoisotopic (exact) mass is 506 g/mol. The third kappa shape index (κ3) is 6.30. The summed E-state index contributed by atoms with van der Waals surface area (Å²) in [4.78, 5) is 12.4. The van der Waals surface area contributed by atoms with Crippen LogP contribution in [0.5, 0.6) is 0 Å². The highest BCUT2D eigenvalue weighted by atomic mass is 32.2. The first-order valence-electron chi connectivity index (χ1n) is 9.68. The van der Waals surface area contributed by atoms with Crippen LogP contribution < -0.4 is 4.72 Å². The summed E-state index contributed by atoms with van der Waals surface area (Å²) in [6, 6.07) is 14.1. The minimum atomic E-state index is -4.00. The molecule has 174 valence electrons. The van der Waals surface area contributed by atoms with E-state index in [1.165, 1.54) is 28.8 Å². The van der Waals surface area contributed by atoms with Crippen LogP contribution in [0.1, 0.15) is 11.4 Å². The van der Waals surface area contributed by atoms with Crippen LogP contribution in [0.3, 0.4) is 0 Å². The quantitative estimate of drug-likeness (QED) is 0.328. The molecule has 3 aromatic rings. The molecule has 1 amide bonds. The highest BCUT2D eigenvalue weighted by Gasteiger charge is 2.22. The highest BCUT2D eigenvalue weighted by Crippen LogP contribution is 2.21. The molecule has 1 N–H and O–H groups in total. The van der Waals surface area contributed by atoms with E-state index in [9.17, 15) is 21.6 Å². The fourth-order valence-electron chi connectivity index (χ4n) is 2.81. The van der Waals surface area contributed by atoms with Crippen molar-refractivity contribution < 1.29 is 21.6 Å². The van der Waals surface area contributed by atoms with E-state index in [1.807, 2.05) is 11.6 Å². The van der Waals surface area contributed by atoms with Gasteiger partial charge in [0.25, 0.3) is 10.0 Å². The Hall–Kier alpha value is -2.96. The summed E-state index contributed by atoms with van der Waals surface area (Å²) in [5.41, 5.74) is 0.891. The third-order valence-corrected chi connectivity index (χ3v) is 8.42. The number of aryl methyl sites for hydroxylation is 1. The maximum atomic E-state index is 12.7. The fraction of sp³-hybridized carbons (Fsp3) is 0.190. The van der Waals surface area contributed by atoms with E-state index >= 15 is 0 Å². The van der Waals surface area contributed by atoms with Gasteiger partial charge >= 0.3 is 0 Å². The smallest absolute Gasteiger partial charge is 0.264 e. The lowest BCUT2D eigenvalue weighted by molar-refractivity contribution is -0.116. The van der Waals surface area contributed by atoms with E-state index in [-0.39, 0.29) is 38.8 Å². The van der Waals surface area contributed by atoms with Gasteiger partial charge in [-0.1, -0.05) is 53.7 Å². The van der Waals surface area contributed by atoms with Gasteiger partial charge in [-0.05, 0) is 31.2 Å². The van der Waals surface area contributed by atoms with Gasteiger partial charge in [0.15, 0.2) is 15.0 Å². The van der Waals surface area contributed by atoms with Gasteiger partial charge in [-0.3, -0.25) is 4.79 Å². The second kappa shape index (κ2) is 10.3. The Morgan fingerprint density at radius 1 is 1.03 bits per heavy atom. The summed E-state index contributed by atoms with van der Waals surface area (Å²) in [5.74, 6) is -1.20. The van der Waals surface area contributed by atoms with Gasteiger partial charge < -0.3 is 4.57 Å². The second-order valence-electron chi connectivity index (χ2n) is 7.00. The molecule has 0 spiro atoms. The Balaban J connectivity index is 1.71.